The van der Waals surface area contributed by atoms with Crippen LogP contribution in [0.5, 0.6) is 0 Å². The van der Waals surface area contributed by atoms with Crippen molar-refractivity contribution in [2.45, 2.75) is 5.75 Å². The van der Waals surface area contributed by atoms with Gasteiger partial charge in [-0.3, -0.25) is 0 Å². The Balaban J connectivity index is 2.29. The van der Waals surface area contributed by atoms with Gasteiger partial charge in [-0.2, -0.15) is 0 Å². The fourth-order valence-corrected chi connectivity index (χ4v) is 1.90. The van der Waals surface area contributed by atoms with E-state index in [1.807, 2.05) is 0 Å². The first-order valence-corrected chi connectivity index (χ1v) is 5.77. The Bertz CT molecular complexity index is 663. The molecule has 0 amide bonds. The van der Waals surface area contributed by atoms with Crippen LogP contribution in [-0.2, 0) is 15.8 Å². The maximum atomic E-state index is 11.6. The molecular formula is C9H10N2O3S. The second kappa shape index (κ2) is 3.63. The van der Waals surface area contributed by atoms with Crippen molar-refractivity contribution in [3.8, 4) is 0 Å². The normalized spacial score (nSPS) is 15.9. The van der Waals surface area contributed by atoms with Gasteiger partial charge in [-0.05, 0) is 19.1 Å². The molecule has 0 aliphatic carbocycles. The van der Waals surface area contributed by atoms with Crippen LogP contribution >= 0.6 is 0 Å². The quantitative estimate of drug-likeness (QED) is 0.847. The Morgan fingerprint density at radius 3 is 3.13 bits per heavy atom. The Hall–Kier alpha value is -1.40. The number of para-hydroxylation sites is 1. The Morgan fingerprint density at radius 1 is 1.53 bits per heavy atom. The summed E-state index contributed by atoms with van der Waals surface area (Å²) in [5, 5.41) is 4.18. The molecule has 0 saturated heterocycles. The fourth-order valence-electron chi connectivity index (χ4n) is 1.26. The highest BCUT2D eigenvalue weighted by atomic mass is 32.2. The van der Waals surface area contributed by atoms with Gasteiger partial charge in [-0.1, -0.05) is 17.3 Å². The molecule has 0 aliphatic heterocycles. The lowest BCUT2D eigenvalue weighted by atomic mass is 10.2. The zero-order valence-electron chi connectivity index (χ0n) is 10.6. The van der Waals surface area contributed by atoms with Gasteiger partial charge < -0.3 is 4.52 Å². The molecule has 80 valence electrons. The topological polar surface area (TPSA) is 72.2 Å². The van der Waals surface area contributed by atoms with E-state index in [2.05, 4.69) is 5.16 Å². The van der Waals surface area contributed by atoms with E-state index in [1.165, 1.54) is 0 Å². The standard InChI is InChI=1S/C9H10N2O3S/c1-10-15(12,13)6-8-7-4-2-3-5-9(7)14-11-8/h2-5,10H,6H2,1H3/i1D3. The molecular weight excluding hydrogens is 216 g/mol. The molecule has 2 aromatic rings. The first kappa shape index (κ1) is 6.97. The van der Waals surface area contributed by atoms with Gasteiger partial charge in [-0.15, -0.1) is 0 Å². The molecule has 0 bridgehead atoms. The van der Waals surface area contributed by atoms with Crippen LogP contribution in [0.1, 0.15) is 9.81 Å². The minimum absolute atomic E-state index is 0.183. The summed E-state index contributed by atoms with van der Waals surface area (Å²) in [5.74, 6) is -0.539. The largest absolute Gasteiger partial charge is 0.356 e. The molecule has 1 N–H and O–H groups in total. The number of benzene rings is 1. The Labute approximate surface area is 91.3 Å². The molecule has 1 aromatic carbocycles. The lowest BCUT2D eigenvalue weighted by Gasteiger charge is -1.98. The van der Waals surface area contributed by atoms with Crippen molar-refractivity contribution in [3.63, 3.8) is 0 Å². The second-order valence-corrected chi connectivity index (χ2v) is 4.71. The number of nitrogens with zero attached hydrogens (tertiary/aromatic N) is 1. The van der Waals surface area contributed by atoms with Crippen LogP contribution in [0.2, 0.25) is 0 Å². The molecule has 0 radical (unpaired) electrons. The first-order valence-electron chi connectivity index (χ1n) is 5.62. The third kappa shape index (κ3) is 2.00. The summed E-state index contributed by atoms with van der Waals surface area (Å²) in [5.41, 5.74) is 0.638. The molecule has 0 aliphatic rings. The van der Waals surface area contributed by atoms with Crippen molar-refractivity contribution in [1.29, 1.82) is 0 Å². The smallest absolute Gasteiger partial charge is 0.217 e. The van der Waals surface area contributed by atoms with Crippen LogP contribution in [0.25, 0.3) is 11.0 Å². The summed E-state index contributed by atoms with van der Waals surface area (Å²) < 4.78 is 50.4. The average Bonchev–Trinajstić information content (AvgIpc) is 2.57. The number of nitrogens with one attached hydrogen (secondary N) is 1. The lowest BCUT2D eigenvalue weighted by Crippen LogP contribution is -2.20. The minimum Gasteiger partial charge on any atom is -0.356 e. The SMILES string of the molecule is [2H]C([2H])([2H])NS(=O)(=O)Cc1noc2ccccc12. The van der Waals surface area contributed by atoms with Crippen molar-refractivity contribution in [2.24, 2.45) is 0 Å². The summed E-state index contributed by atoms with van der Waals surface area (Å²) in [4.78, 5) is 0. The van der Waals surface area contributed by atoms with E-state index in [9.17, 15) is 8.42 Å². The van der Waals surface area contributed by atoms with E-state index in [0.29, 0.717) is 11.0 Å². The van der Waals surface area contributed by atoms with Crippen molar-refractivity contribution < 1.29 is 17.1 Å². The minimum atomic E-state index is -3.99. The number of hydrogen-bond acceptors (Lipinski definition) is 4. The molecule has 0 fully saturated rings. The molecule has 0 atom stereocenters. The zero-order chi connectivity index (χ0) is 13.4. The van der Waals surface area contributed by atoms with Gasteiger partial charge in [-0.25, -0.2) is 13.1 Å². The maximum absolute atomic E-state index is 11.6. The average molecular weight is 229 g/mol. The van der Waals surface area contributed by atoms with Crippen molar-refractivity contribution in [2.75, 3.05) is 6.98 Å². The van der Waals surface area contributed by atoms with Gasteiger partial charge in [0.15, 0.2) is 5.58 Å². The first-order chi connectivity index (χ1) is 8.27. The van der Waals surface area contributed by atoms with E-state index >= 15 is 0 Å². The summed E-state index contributed by atoms with van der Waals surface area (Å²) in [6, 6.07) is 6.75. The summed E-state index contributed by atoms with van der Waals surface area (Å²) >= 11 is 0. The third-order valence-electron chi connectivity index (χ3n) is 1.93. The van der Waals surface area contributed by atoms with Crippen molar-refractivity contribution >= 4 is 21.0 Å². The predicted molar refractivity (Wildman–Crippen MR) is 55.7 cm³/mol. The van der Waals surface area contributed by atoms with Crippen LogP contribution in [0.3, 0.4) is 0 Å². The van der Waals surface area contributed by atoms with E-state index in [0.717, 1.165) is 0 Å². The maximum Gasteiger partial charge on any atom is 0.217 e. The monoisotopic (exact) mass is 229 g/mol. The van der Waals surface area contributed by atoms with Crippen LogP contribution in [0, 0.1) is 0 Å². The Morgan fingerprint density at radius 2 is 2.33 bits per heavy atom. The zero-order valence-corrected chi connectivity index (χ0v) is 8.41. The number of hydrogen-bond donors (Lipinski definition) is 1. The number of rotatable bonds is 3. The third-order valence-corrected chi connectivity index (χ3v) is 2.90. The van der Waals surface area contributed by atoms with E-state index in [-0.39, 0.29) is 5.69 Å². The molecule has 2 rings (SSSR count). The highest BCUT2D eigenvalue weighted by Gasteiger charge is 2.15. The van der Waals surface area contributed by atoms with Gasteiger partial charge in [0.1, 0.15) is 11.4 Å². The highest BCUT2D eigenvalue weighted by Crippen LogP contribution is 2.19. The van der Waals surface area contributed by atoms with Gasteiger partial charge >= 0.3 is 0 Å². The molecule has 6 heteroatoms. The number of aromatic nitrogens is 1. The van der Waals surface area contributed by atoms with Crippen LogP contribution in [0.4, 0.5) is 0 Å². The van der Waals surface area contributed by atoms with E-state index < -0.39 is 22.8 Å². The fraction of sp³-hybridized carbons (Fsp3) is 0.222. The molecule has 5 nitrogen and oxygen atoms in total. The van der Waals surface area contributed by atoms with Crippen LogP contribution in [-0.4, -0.2) is 20.6 Å². The summed E-state index contributed by atoms with van der Waals surface area (Å²) in [6.07, 6.45) is 0. The lowest BCUT2D eigenvalue weighted by molar-refractivity contribution is 0.448. The molecule has 1 aromatic heterocycles. The van der Waals surface area contributed by atoms with Gasteiger partial charge in [0.05, 0.1) is 0 Å². The van der Waals surface area contributed by atoms with Gasteiger partial charge in [0.2, 0.25) is 10.0 Å². The molecule has 0 spiro atoms. The number of sulfonamides is 1. The van der Waals surface area contributed by atoms with Gasteiger partial charge in [0, 0.05) is 9.50 Å². The van der Waals surface area contributed by atoms with Gasteiger partial charge in [0.25, 0.3) is 0 Å². The molecule has 0 unspecified atom stereocenters. The molecule has 1 heterocycles. The molecule has 0 saturated carbocycles. The predicted octanol–water partition coefficient (Wildman–Crippen LogP) is 0.877. The van der Waals surface area contributed by atoms with Crippen LogP contribution in [0.15, 0.2) is 28.8 Å². The molecule has 15 heavy (non-hydrogen) atoms. The Kier molecular flexibility index (Phi) is 1.69. The van der Waals surface area contributed by atoms with Crippen molar-refractivity contribution in [3.05, 3.63) is 30.0 Å². The van der Waals surface area contributed by atoms with E-state index in [4.69, 9.17) is 8.64 Å². The number of fused-ring (bicyclic) bond motifs is 1. The summed E-state index contributed by atoms with van der Waals surface area (Å²) in [6.45, 7) is -2.75. The second-order valence-electron chi connectivity index (χ2n) is 2.99. The van der Waals surface area contributed by atoms with Crippen molar-refractivity contribution in [1.82, 2.24) is 9.88 Å². The summed E-state index contributed by atoms with van der Waals surface area (Å²) in [7, 11) is -3.99. The highest BCUT2D eigenvalue weighted by molar-refractivity contribution is 7.88. The van der Waals surface area contributed by atoms with Crippen LogP contribution < -0.4 is 4.72 Å². The van der Waals surface area contributed by atoms with E-state index in [1.54, 1.807) is 29.0 Å².